The second-order valence-electron chi connectivity index (χ2n) is 4.73. The maximum Gasteiger partial charge on any atom is 0.329 e. The van der Waals surface area contributed by atoms with Gasteiger partial charge in [0.15, 0.2) is 0 Å². The first-order chi connectivity index (χ1) is 8.11. The Morgan fingerprint density at radius 3 is 2.88 bits per heavy atom. The Morgan fingerprint density at radius 2 is 2.24 bits per heavy atom. The van der Waals surface area contributed by atoms with E-state index in [-0.39, 0.29) is 22.4 Å². The minimum Gasteiger partial charge on any atom is -0.298 e. The fraction of sp³-hybridized carbons (Fsp3) is 0.667. The van der Waals surface area contributed by atoms with Crippen molar-refractivity contribution in [3.05, 3.63) is 32.1 Å². The molecule has 0 aromatic carbocycles. The van der Waals surface area contributed by atoms with Gasteiger partial charge in [-0.15, -0.1) is 0 Å². The van der Waals surface area contributed by atoms with Crippen LogP contribution in [-0.4, -0.2) is 9.55 Å². The highest BCUT2D eigenvalue weighted by Crippen LogP contribution is 2.32. The van der Waals surface area contributed by atoms with Crippen molar-refractivity contribution in [1.82, 2.24) is 9.55 Å². The first-order valence-corrected chi connectivity index (χ1v) is 6.51. The third kappa shape index (κ3) is 2.63. The summed E-state index contributed by atoms with van der Waals surface area (Å²) < 4.78 is 1.33. The molecule has 0 radical (unpaired) electrons. The molecule has 5 heteroatoms. The highest BCUT2D eigenvalue weighted by atomic mass is 35.5. The molecule has 1 heterocycles. The number of rotatable bonds is 2. The van der Waals surface area contributed by atoms with Gasteiger partial charge in [-0.1, -0.05) is 37.8 Å². The molecule has 2 rings (SSSR count). The van der Waals surface area contributed by atoms with Crippen LogP contribution in [0, 0.1) is 5.92 Å². The Hall–Kier alpha value is -1.03. The quantitative estimate of drug-likeness (QED) is 0.826. The second-order valence-corrected chi connectivity index (χ2v) is 5.13. The standard InChI is InChI=1S/C12H17ClN2O2/c1-2-8-4-3-5-9(6-8)15-11(16)7-10(13)14-12(15)17/h7-9H,2-6H2,1H3,(H,14,17). The van der Waals surface area contributed by atoms with Gasteiger partial charge >= 0.3 is 5.69 Å². The zero-order chi connectivity index (χ0) is 12.4. The van der Waals surface area contributed by atoms with Crippen LogP contribution in [0.3, 0.4) is 0 Å². The highest BCUT2D eigenvalue weighted by Gasteiger charge is 2.24. The van der Waals surface area contributed by atoms with E-state index in [0.29, 0.717) is 5.92 Å². The maximum atomic E-state index is 11.8. The monoisotopic (exact) mass is 256 g/mol. The summed E-state index contributed by atoms with van der Waals surface area (Å²) >= 11 is 5.65. The first kappa shape index (κ1) is 12.4. The van der Waals surface area contributed by atoms with Gasteiger partial charge in [0, 0.05) is 12.1 Å². The largest absolute Gasteiger partial charge is 0.329 e. The molecule has 0 saturated heterocycles. The fourth-order valence-corrected chi connectivity index (χ4v) is 2.86. The molecular formula is C12H17ClN2O2. The van der Waals surface area contributed by atoms with E-state index in [1.807, 2.05) is 0 Å². The Kier molecular flexibility index (Phi) is 3.72. The van der Waals surface area contributed by atoms with Gasteiger partial charge in [0.05, 0.1) is 0 Å². The van der Waals surface area contributed by atoms with Crippen molar-refractivity contribution in [2.24, 2.45) is 5.92 Å². The zero-order valence-electron chi connectivity index (χ0n) is 9.91. The summed E-state index contributed by atoms with van der Waals surface area (Å²) in [4.78, 5) is 26.1. The van der Waals surface area contributed by atoms with Crippen LogP contribution in [0.2, 0.25) is 5.15 Å². The Balaban J connectivity index is 2.34. The zero-order valence-corrected chi connectivity index (χ0v) is 10.7. The topological polar surface area (TPSA) is 54.9 Å². The molecule has 2 unspecified atom stereocenters. The lowest BCUT2D eigenvalue weighted by Gasteiger charge is -2.29. The third-order valence-electron chi connectivity index (χ3n) is 3.63. The van der Waals surface area contributed by atoms with Crippen molar-refractivity contribution in [3.63, 3.8) is 0 Å². The normalized spacial score (nSPS) is 24.8. The molecule has 1 aliphatic carbocycles. The lowest BCUT2D eigenvalue weighted by atomic mass is 9.84. The van der Waals surface area contributed by atoms with Crippen LogP contribution in [0.1, 0.15) is 45.1 Å². The molecule has 17 heavy (non-hydrogen) atoms. The average molecular weight is 257 g/mol. The predicted molar refractivity (Wildman–Crippen MR) is 67.6 cm³/mol. The van der Waals surface area contributed by atoms with Gasteiger partial charge in [-0.25, -0.2) is 4.79 Å². The number of nitrogens with one attached hydrogen (secondary N) is 1. The Bertz CT molecular complexity index is 475. The number of hydrogen-bond donors (Lipinski definition) is 1. The molecule has 2 atom stereocenters. The summed E-state index contributed by atoms with van der Waals surface area (Å²) in [5.74, 6) is 0.621. The second kappa shape index (κ2) is 5.08. The van der Waals surface area contributed by atoms with Gasteiger partial charge in [0.2, 0.25) is 0 Å². The number of aromatic nitrogens is 2. The minimum absolute atomic E-state index is 0.0298. The molecule has 94 valence electrons. The summed E-state index contributed by atoms with van der Waals surface area (Å²) in [6, 6.07) is 1.31. The number of hydrogen-bond acceptors (Lipinski definition) is 2. The lowest BCUT2D eigenvalue weighted by Crippen LogP contribution is -2.39. The summed E-state index contributed by atoms with van der Waals surface area (Å²) in [7, 11) is 0. The number of aromatic amines is 1. The maximum absolute atomic E-state index is 11.8. The van der Waals surface area contributed by atoms with E-state index in [2.05, 4.69) is 11.9 Å². The smallest absolute Gasteiger partial charge is 0.298 e. The third-order valence-corrected chi connectivity index (χ3v) is 3.83. The van der Waals surface area contributed by atoms with Crippen LogP contribution in [0.4, 0.5) is 0 Å². The fourth-order valence-electron chi connectivity index (χ4n) is 2.69. The van der Waals surface area contributed by atoms with Gasteiger partial charge < -0.3 is 0 Å². The summed E-state index contributed by atoms with van der Waals surface area (Å²) in [5, 5.41) is 0.110. The van der Waals surface area contributed by atoms with Crippen molar-refractivity contribution >= 4 is 11.6 Å². The molecule has 0 aliphatic heterocycles. The SMILES string of the molecule is CCC1CCCC(n2c(=O)cc(Cl)[nH]c2=O)C1. The van der Waals surface area contributed by atoms with Gasteiger partial charge in [-0.05, 0) is 18.8 Å². The first-order valence-electron chi connectivity index (χ1n) is 6.13. The van der Waals surface area contributed by atoms with Crippen LogP contribution in [0.5, 0.6) is 0 Å². The molecule has 0 bridgehead atoms. The van der Waals surface area contributed by atoms with Crippen LogP contribution in [0.25, 0.3) is 0 Å². The molecule has 4 nitrogen and oxygen atoms in total. The molecule has 1 saturated carbocycles. The molecule has 1 aromatic rings. The van der Waals surface area contributed by atoms with Crippen molar-refractivity contribution in [1.29, 1.82) is 0 Å². The molecule has 1 fully saturated rings. The molecular weight excluding hydrogens is 240 g/mol. The van der Waals surface area contributed by atoms with Crippen molar-refractivity contribution in [2.75, 3.05) is 0 Å². The van der Waals surface area contributed by atoms with Crippen molar-refractivity contribution < 1.29 is 0 Å². The number of halogens is 1. The van der Waals surface area contributed by atoms with Crippen LogP contribution < -0.4 is 11.2 Å². The Morgan fingerprint density at radius 1 is 1.47 bits per heavy atom. The molecule has 1 aliphatic rings. The summed E-state index contributed by atoms with van der Waals surface area (Å²) in [6.07, 6.45) is 5.21. The predicted octanol–water partition coefficient (Wildman–Crippen LogP) is 2.33. The van der Waals surface area contributed by atoms with E-state index in [1.165, 1.54) is 17.1 Å². The molecule has 1 aromatic heterocycles. The van der Waals surface area contributed by atoms with Gasteiger partial charge in [-0.3, -0.25) is 14.3 Å². The van der Waals surface area contributed by atoms with Gasteiger partial charge in [-0.2, -0.15) is 0 Å². The lowest BCUT2D eigenvalue weighted by molar-refractivity contribution is 0.252. The van der Waals surface area contributed by atoms with Gasteiger partial charge in [0.25, 0.3) is 5.56 Å². The minimum atomic E-state index is -0.385. The van der Waals surface area contributed by atoms with E-state index in [4.69, 9.17) is 11.6 Å². The van der Waals surface area contributed by atoms with Crippen molar-refractivity contribution in [3.8, 4) is 0 Å². The van der Waals surface area contributed by atoms with Crippen LogP contribution >= 0.6 is 11.6 Å². The summed E-state index contributed by atoms with van der Waals surface area (Å²) in [6.45, 7) is 2.15. The van der Waals surface area contributed by atoms with E-state index >= 15 is 0 Å². The molecule has 1 N–H and O–H groups in total. The van der Waals surface area contributed by atoms with Gasteiger partial charge in [0.1, 0.15) is 5.15 Å². The number of nitrogens with zero attached hydrogens (tertiary/aromatic N) is 1. The highest BCUT2D eigenvalue weighted by molar-refractivity contribution is 6.29. The Labute approximate surface area is 105 Å². The molecule has 0 amide bonds. The van der Waals surface area contributed by atoms with E-state index < -0.39 is 0 Å². The van der Waals surface area contributed by atoms with Crippen LogP contribution in [0.15, 0.2) is 15.7 Å². The molecule has 0 spiro atoms. The van der Waals surface area contributed by atoms with E-state index in [0.717, 1.165) is 25.7 Å². The van der Waals surface area contributed by atoms with E-state index in [1.54, 1.807) is 0 Å². The number of H-pyrrole nitrogens is 1. The van der Waals surface area contributed by atoms with Crippen molar-refractivity contribution in [2.45, 2.75) is 45.1 Å². The van der Waals surface area contributed by atoms with Crippen LogP contribution in [-0.2, 0) is 0 Å². The summed E-state index contributed by atoms with van der Waals surface area (Å²) in [5.41, 5.74) is -0.676. The van der Waals surface area contributed by atoms with E-state index in [9.17, 15) is 9.59 Å². The average Bonchev–Trinajstić information content (AvgIpc) is 2.28.